The molecule has 4 rings (SSSR count). The fraction of sp³-hybridized carbons (Fsp3) is 0.174. The van der Waals surface area contributed by atoms with Crippen LogP contribution in [-0.2, 0) is 9.53 Å². The Morgan fingerprint density at radius 2 is 2.00 bits per heavy atom. The lowest BCUT2D eigenvalue weighted by atomic mass is 10.0. The van der Waals surface area contributed by atoms with Crippen LogP contribution < -0.4 is 4.74 Å². The molecule has 1 unspecified atom stereocenters. The van der Waals surface area contributed by atoms with Crippen LogP contribution in [0.5, 0.6) is 5.75 Å². The van der Waals surface area contributed by atoms with Crippen LogP contribution in [0.4, 0.5) is 5.69 Å². The molecule has 34 heavy (non-hydrogen) atoms. The Labute approximate surface area is 198 Å². The van der Waals surface area contributed by atoms with Crippen molar-refractivity contribution in [1.82, 2.24) is 5.01 Å². The second-order valence-corrected chi connectivity index (χ2v) is 7.68. The molecule has 1 aliphatic heterocycles. The van der Waals surface area contributed by atoms with E-state index in [-0.39, 0.29) is 10.6 Å². The molecule has 0 fully saturated rings. The summed E-state index contributed by atoms with van der Waals surface area (Å²) in [5, 5.41) is 17.0. The lowest BCUT2D eigenvalue weighted by Crippen LogP contribution is -2.31. The first-order valence-corrected chi connectivity index (χ1v) is 10.4. The van der Waals surface area contributed by atoms with Crippen molar-refractivity contribution in [2.45, 2.75) is 12.5 Å². The molecule has 0 bridgehead atoms. The van der Waals surface area contributed by atoms with Gasteiger partial charge in [0.15, 0.2) is 6.61 Å². The van der Waals surface area contributed by atoms with E-state index in [2.05, 4.69) is 5.10 Å². The summed E-state index contributed by atoms with van der Waals surface area (Å²) in [6, 6.07) is 13.6. The normalized spacial score (nSPS) is 15.1. The minimum atomic E-state index is -1.05. The Balaban J connectivity index is 1.54. The zero-order valence-electron chi connectivity index (χ0n) is 17.8. The number of carbonyl (C=O) groups is 2. The van der Waals surface area contributed by atoms with E-state index in [4.69, 9.17) is 25.5 Å². The molecule has 3 aromatic rings. The number of amides is 1. The van der Waals surface area contributed by atoms with E-state index in [1.54, 1.807) is 31.4 Å². The number of methoxy groups -OCH3 is 1. The minimum absolute atomic E-state index is 0.120. The SMILES string of the molecule is COc1ccc(C2=NN(C(=O)COC(=O)c3cc(Cl)ccc3[N+](=O)[O-])C(c3ccco3)C2)cc1. The van der Waals surface area contributed by atoms with Gasteiger partial charge in [-0.05, 0) is 54.1 Å². The molecule has 2 heterocycles. The number of furan rings is 1. The van der Waals surface area contributed by atoms with E-state index < -0.39 is 35.1 Å². The van der Waals surface area contributed by atoms with Crippen LogP contribution in [-0.4, -0.2) is 41.2 Å². The van der Waals surface area contributed by atoms with Gasteiger partial charge >= 0.3 is 5.97 Å². The maximum atomic E-state index is 13.0. The third-order valence-electron chi connectivity index (χ3n) is 5.16. The van der Waals surface area contributed by atoms with Gasteiger partial charge in [-0.25, -0.2) is 9.80 Å². The number of rotatable bonds is 7. The Kier molecular flexibility index (Phi) is 6.60. The summed E-state index contributed by atoms with van der Waals surface area (Å²) in [6.45, 7) is -0.681. The van der Waals surface area contributed by atoms with E-state index in [1.807, 2.05) is 12.1 Å². The number of benzene rings is 2. The average molecular weight is 484 g/mol. The Morgan fingerprint density at radius 1 is 1.24 bits per heavy atom. The van der Waals surface area contributed by atoms with Gasteiger partial charge in [0.25, 0.3) is 11.6 Å². The summed E-state index contributed by atoms with van der Waals surface area (Å²) in [5.41, 5.74) is 0.599. The van der Waals surface area contributed by atoms with Crippen molar-refractivity contribution < 1.29 is 28.4 Å². The van der Waals surface area contributed by atoms with Crippen LogP contribution in [0, 0.1) is 10.1 Å². The van der Waals surface area contributed by atoms with E-state index in [0.717, 1.165) is 17.7 Å². The quantitative estimate of drug-likeness (QED) is 0.277. The Hall–Kier alpha value is -4.18. The summed E-state index contributed by atoms with van der Waals surface area (Å²) in [7, 11) is 1.56. The fourth-order valence-electron chi connectivity index (χ4n) is 3.50. The van der Waals surface area contributed by atoms with Crippen molar-refractivity contribution in [1.29, 1.82) is 0 Å². The van der Waals surface area contributed by atoms with Crippen molar-refractivity contribution >= 4 is 34.9 Å². The van der Waals surface area contributed by atoms with E-state index >= 15 is 0 Å². The van der Waals surface area contributed by atoms with E-state index in [1.165, 1.54) is 17.3 Å². The van der Waals surface area contributed by atoms with Crippen molar-refractivity contribution in [3.05, 3.63) is 92.9 Å². The first kappa shape index (κ1) is 23.0. The molecule has 0 spiro atoms. The van der Waals surface area contributed by atoms with Crippen LogP contribution in [0.25, 0.3) is 0 Å². The lowest BCUT2D eigenvalue weighted by Gasteiger charge is -2.19. The number of ether oxygens (including phenoxy) is 2. The predicted molar refractivity (Wildman–Crippen MR) is 121 cm³/mol. The van der Waals surface area contributed by atoms with E-state index in [0.29, 0.717) is 23.6 Å². The number of halogens is 1. The molecule has 0 aliphatic carbocycles. The summed E-state index contributed by atoms with van der Waals surface area (Å²) in [4.78, 5) is 35.9. The standard InChI is InChI=1S/C23H18ClN3O7/c1-32-16-7-4-14(5-8-16)18-12-20(21-3-2-10-33-21)26(25-18)22(28)13-34-23(29)17-11-15(24)6-9-19(17)27(30)31/h2-11,20H,12-13H2,1H3. The molecule has 0 saturated heterocycles. The number of esters is 1. The number of nitrogens with zero attached hydrogens (tertiary/aromatic N) is 3. The van der Waals surface area contributed by atoms with Crippen LogP contribution >= 0.6 is 11.6 Å². The summed E-state index contributed by atoms with van der Waals surface area (Å²) in [5.74, 6) is -0.476. The molecule has 0 saturated carbocycles. The fourth-order valence-corrected chi connectivity index (χ4v) is 3.67. The molecule has 174 valence electrons. The van der Waals surface area contributed by atoms with Gasteiger partial charge in [-0.15, -0.1) is 0 Å². The first-order valence-electron chi connectivity index (χ1n) is 10.1. The second-order valence-electron chi connectivity index (χ2n) is 7.24. The van der Waals surface area contributed by atoms with Gasteiger partial charge in [0.1, 0.15) is 23.1 Å². The minimum Gasteiger partial charge on any atom is -0.497 e. The van der Waals surface area contributed by atoms with Gasteiger partial charge in [0.05, 0.1) is 24.0 Å². The van der Waals surface area contributed by atoms with Crippen molar-refractivity contribution in [2.24, 2.45) is 5.10 Å². The van der Waals surface area contributed by atoms with Gasteiger partial charge in [-0.1, -0.05) is 11.6 Å². The molecule has 2 aromatic carbocycles. The number of carbonyl (C=O) groups excluding carboxylic acids is 2. The van der Waals surface area contributed by atoms with E-state index in [9.17, 15) is 19.7 Å². The maximum Gasteiger partial charge on any atom is 0.345 e. The lowest BCUT2D eigenvalue weighted by molar-refractivity contribution is -0.385. The Bertz CT molecular complexity index is 1260. The van der Waals surface area contributed by atoms with Crippen LogP contribution in [0.15, 0.2) is 70.4 Å². The maximum absolute atomic E-state index is 13.0. The number of nitro benzene ring substituents is 1. The molecule has 0 N–H and O–H groups in total. The molecule has 10 nitrogen and oxygen atoms in total. The number of hydrogen-bond donors (Lipinski definition) is 0. The van der Waals surface area contributed by atoms with Gasteiger partial charge in [-0.2, -0.15) is 5.10 Å². The smallest absolute Gasteiger partial charge is 0.345 e. The number of hydrogen-bond acceptors (Lipinski definition) is 8. The van der Waals surface area contributed by atoms with Gasteiger partial charge in [0.2, 0.25) is 0 Å². The molecule has 11 heteroatoms. The predicted octanol–water partition coefficient (Wildman–Crippen LogP) is 4.38. The third kappa shape index (κ3) is 4.76. The van der Waals surface area contributed by atoms with Crippen molar-refractivity contribution in [3.63, 3.8) is 0 Å². The van der Waals surface area contributed by atoms with Crippen LogP contribution in [0.2, 0.25) is 5.02 Å². The van der Waals surface area contributed by atoms with Gasteiger partial charge < -0.3 is 13.9 Å². The number of nitro groups is 1. The first-order chi connectivity index (χ1) is 16.4. The molecule has 0 radical (unpaired) electrons. The highest BCUT2D eigenvalue weighted by molar-refractivity contribution is 6.31. The summed E-state index contributed by atoms with van der Waals surface area (Å²) >= 11 is 5.86. The average Bonchev–Trinajstić information content (AvgIpc) is 3.52. The topological polar surface area (TPSA) is 124 Å². The zero-order chi connectivity index (χ0) is 24.2. The largest absolute Gasteiger partial charge is 0.497 e. The monoisotopic (exact) mass is 483 g/mol. The van der Waals surface area contributed by atoms with Crippen molar-refractivity contribution in [3.8, 4) is 5.75 Å². The molecular formula is C23H18ClN3O7. The molecule has 1 aromatic heterocycles. The number of hydrazone groups is 1. The third-order valence-corrected chi connectivity index (χ3v) is 5.40. The zero-order valence-corrected chi connectivity index (χ0v) is 18.6. The van der Waals surface area contributed by atoms with Crippen LogP contribution in [0.1, 0.15) is 34.1 Å². The molecule has 1 aliphatic rings. The summed E-state index contributed by atoms with van der Waals surface area (Å²) < 4.78 is 15.7. The molecule has 1 amide bonds. The highest BCUT2D eigenvalue weighted by atomic mass is 35.5. The second kappa shape index (κ2) is 9.75. The molecular weight excluding hydrogens is 466 g/mol. The highest BCUT2D eigenvalue weighted by Crippen LogP contribution is 2.33. The highest BCUT2D eigenvalue weighted by Gasteiger charge is 2.35. The Morgan fingerprint density at radius 3 is 2.65 bits per heavy atom. The van der Waals surface area contributed by atoms with Crippen LogP contribution in [0.3, 0.4) is 0 Å². The van der Waals surface area contributed by atoms with Crippen molar-refractivity contribution in [2.75, 3.05) is 13.7 Å². The van der Waals surface area contributed by atoms with Gasteiger partial charge in [-0.3, -0.25) is 14.9 Å². The molecule has 1 atom stereocenters. The summed E-state index contributed by atoms with van der Waals surface area (Å²) in [6.07, 6.45) is 1.86. The van der Waals surface area contributed by atoms with Gasteiger partial charge in [0, 0.05) is 17.5 Å².